The molecule has 0 unspecified atom stereocenters. The van der Waals surface area contributed by atoms with Gasteiger partial charge in [0.2, 0.25) is 5.91 Å². The second-order valence-electron chi connectivity index (χ2n) is 5.01. The Hall–Kier alpha value is -0.610. The number of hydrogen-bond acceptors (Lipinski definition) is 3. The van der Waals surface area contributed by atoms with Gasteiger partial charge in [0.25, 0.3) is 0 Å². The van der Waals surface area contributed by atoms with E-state index < -0.39 is 6.10 Å². The average molecular weight is 226 g/mol. The molecule has 1 amide bonds. The summed E-state index contributed by atoms with van der Waals surface area (Å²) in [7, 11) is 0. The molecule has 2 heterocycles. The maximum Gasteiger partial charge on any atom is 0.226 e. The van der Waals surface area contributed by atoms with Crippen LogP contribution in [0.25, 0.3) is 0 Å². The molecule has 2 N–H and O–H groups in total. The van der Waals surface area contributed by atoms with Crippen molar-refractivity contribution in [1.29, 1.82) is 0 Å². The number of nitrogens with zero attached hydrogens (tertiary/aromatic N) is 1. The summed E-state index contributed by atoms with van der Waals surface area (Å²) in [6.45, 7) is 4.52. The number of carbonyl (C=O) groups excluding carboxylic acids is 1. The number of piperidine rings is 1. The van der Waals surface area contributed by atoms with Gasteiger partial charge in [-0.05, 0) is 45.7 Å². The fourth-order valence-electron chi connectivity index (χ4n) is 2.87. The fourth-order valence-corrected chi connectivity index (χ4v) is 2.87. The van der Waals surface area contributed by atoms with E-state index in [1.807, 2.05) is 4.90 Å². The summed E-state index contributed by atoms with van der Waals surface area (Å²) in [4.78, 5) is 14.2. The normalized spacial score (nSPS) is 29.4. The number of aliphatic hydroxyl groups is 1. The molecule has 0 aromatic rings. The molecular formula is C12H22N2O2. The minimum absolute atomic E-state index is 0.0578. The van der Waals surface area contributed by atoms with Crippen molar-refractivity contribution in [2.24, 2.45) is 5.92 Å². The second kappa shape index (κ2) is 5.15. The van der Waals surface area contributed by atoms with Crippen molar-refractivity contribution in [2.75, 3.05) is 19.6 Å². The summed E-state index contributed by atoms with van der Waals surface area (Å²) in [5.74, 6) is 0.450. The van der Waals surface area contributed by atoms with Gasteiger partial charge in [-0.2, -0.15) is 0 Å². The Kier molecular flexibility index (Phi) is 3.82. The highest BCUT2D eigenvalue weighted by Crippen LogP contribution is 2.25. The van der Waals surface area contributed by atoms with Crippen molar-refractivity contribution in [2.45, 2.75) is 44.8 Å². The molecule has 0 radical (unpaired) electrons. The monoisotopic (exact) mass is 226 g/mol. The zero-order valence-electron chi connectivity index (χ0n) is 9.98. The van der Waals surface area contributed by atoms with Crippen LogP contribution in [0, 0.1) is 5.92 Å². The van der Waals surface area contributed by atoms with Gasteiger partial charge in [0.05, 0.1) is 12.1 Å². The number of likely N-dealkylation sites (tertiary alicyclic amines) is 1. The van der Waals surface area contributed by atoms with E-state index in [4.69, 9.17) is 0 Å². The smallest absolute Gasteiger partial charge is 0.226 e. The summed E-state index contributed by atoms with van der Waals surface area (Å²) in [6.07, 6.45) is 3.48. The average Bonchev–Trinajstić information content (AvgIpc) is 2.78. The van der Waals surface area contributed by atoms with Gasteiger partial charge in [-0.25, -0.2) is 0 Å². The number of amides is 1. The Balaban J connectivity index is 1.97. The van der Waals surface area contributed by atoms with Crippen molar-refractivity contribution in [3.8, 4) is 0 Å². The van der Waals surface area contributed by atoms with Crippen LogP contribution < -0.4 is 5.32 Å². The minimum atomic E-state index is -0.395. The quantitative estimate of drug-likeness (QED) is 0.715. The van der Waals surface area contributed by atoms with Gasteiger partial charge < -0.3 is 15.3 Å². The first-order chi connectivity index (χ1) is 7.70. The highest BCUT2D eigenvalue weighted by atomic mass is 16.3. The Morgan fingerprint density at radius 2 is 2.06 bits per heavy atom. The Morgan fingerprint density at radius 1 is 1.38 bits per heavy atom. The maximum atomic E-state index is 12.3. The number of rotatable bonds is 2. The van der Waals surface area contributed by atoms with E-state index in [-0.39, 0.29) is 17.9 Å². The van der Waals surface area contributed by atoms with E-state index in [9.17, 15) is 9.90 Å². The van der Waals surface area contributed by atoms with Gasteiger partial charge >= 0.3 is 0 Å². The van der Waals surface area contributed by atoms with E-state index >= 15 is 0 Å². The first-order valence-electron chi connectivity index (χ1n) is 6.39. The van der Waals surface area contributed by atoms with Crippen LogP contribution in [-0.2, 0) is 4.79 Å². The van der Waals surface area contributed by atoms with Crippen molar-refractivity contribution in [3.63, 3.8) is 0 Å². The lowest BCUT2D eigenvalue weighted by Gasteiger charge is -2.32. The molecule has 2 fully saturated rings. The summed E-state index contributed by atoms with van der Waals surface area (Å²) in [5, 5.41) is 12.9. The molecule has 0 aliphatic carbocycles. The predicted octanol–water partition coefficient (Wildman–Crippen LogP) is 0.358. The van der Waals surface area contributed by atoms with Gasteiger partial charge in [-0.3, -0.25) is 4.79 Å². The van der Waals surface area contributed by atoms with Crippen LogP contribution in [0.15, 0.2) is 0 Å². The van der Waals surface area contributed by atoms with Crippen molar-refractivity contribution < 1.29 is 9.90 Å². The third kappa shape index (κ3) is 2.38. The third-order valence-electron chi connectivity index (χ3n) is 3.83. The zero-order valence-corrected chi connectivity index (χ0v) is 9.98. The Labute approximate surface area is 97.0 Å². The molecule has 0 saturated carbocycles. The lowest BCUT2D eigenvalue weighted by Crippen LogP contribution is -2.46. The molecule has 2 aliphatic rings. The standard InChI is InChI=1S/C12H22N2O2/c1-9(15)11-3-2-8-14(11)12(16)10-4-6-13-7-5-10/h9-11,13,15H,2-8H2,1H3/t9-,11-/m1/s1. The second-order valence-corrected chi connectivity index (χ2v) is 5.01. The van der Waals surface area contributed by atoms with Crippen LogP contribution >= 0.6 is 0 Å². The Bertz CT molecular complexity index is 249. The number of carbonyl (C=O) groups is 1. The fraction of sp³-hybridized carbons (Fsp3) is 0.917. The third-order valence-corrected chi connectivity index (χ3v) is 3.83. The molecule has 0 aromatic heterocycles. The molecule has 2 saturated heterocycles. The van der Waals surface area contributed by atoms with Crippen molar-refractivity contribution >= 4 is 5.91 Å². The lowest BCUT2D eigenvalue weighted by atomic mass is 9.96. The molecule has 4 nitrogen and oxygen atoms in total. The maximum absolute atomic E-state index is 12.3. The van der Waals surface area contributed by atoms with Gasteiger partial charge in [0, 0.05) is 12.5 Å². The highest BCUT2D eigenvalue weighted by Gasteiger charge is 2.35. The van der Waals surface area contributed by atoms with Crippen LogP contribution in [0.4, 0.5) is 0 Å². The van der Waals surface area contributed by atoms with Crippen LogP contribution in [0.3, 0.4) is 0 Å². The van der Waals surface area contributed by atoms with E-state index in [0.29, 0.717) is 0 Å². The number of hydrogen-bond donors (Lipinski definition) is 2. The first kappa shape index (κ1) is 11.9. The molecule has 0 aromatic carbocycles. The molecule has 0 spiro atoms. The van der Waals surface area contributed by atoms with Crippen molar-refractivity contribution in [3.05, 3.63) is 0 Å². The van der Waals surface area contributed by atoms with Gasteiger partial charge in [-0.15, -0.1) is 0 Å². The Morgan fingerprint density at radius 3 is 2.69 bits per heavy atom. The summed E-state index contributed by atoms with van der Waals surface area (Å²) in [5.41, 5.74) is 0. The van der Waals surface area contributed by atoms with E-state index in [1.54, 1.807) is 6.92 Å². The van der Waals surface area contributed by atoms with Crippen molar-refractivity contribution in [1.82, 2.24) is 10.2 Å². The summed E-state index contributed by atoms with van der Waals surface area (Å²) < 4.78 is 0. The van der Waals surface area contributed by atoms with Crippen LogP contribution in [0.2, 0.25) is 0 Å². The highest BCUT2D eigenvalue weighted by molar-refractivity contribution is 5.79. The number of nitrogens with one attached hydrogen (secondary N) is 1. The summed E-state index contributed by atoms with van der Waals surface area (Å²) in [6, 6.07) is 0.0578. The number of aliphatic hydroxyl groups excluding tert-OH is 1. The predicted molar refractivity (Wildman–Crippen MR) is 62.0 cm³/mol. The molecule has 2 aliphatic heterocycles. The zero-order chi connectivity index (χ0) is 11.5. The molecule has 16 heavy (non-hydrogen) atoms. The molecule has 0 bridgehead atoms. The molecule has 2 atom stereocenters. The first-order valence-corrected chi connectivity index (χ1v) is 6.39. The van der Waals surface area contributed by atoms with Crippen LogP contribution in [0.5, 0.6) is 0 Å². The minimum Gasteiger partial charge on any atom is -0.391 e. The van der Waals surface area contributed by atoms with Crippen LogP contribution in [0.1, 0.15) is 32.6 Å². The lowest BCUT2D eigenvalue weighted by molar-refractivity contribution is -0.139. The topological polar surface area (TPSA) is 52.6 Å². The van der Waals surface area contributed by atoms with E-state index in [2.05, 4.69) is 5.32 Å². The largest absolute Gasteiger partial charge is 0.391 e. The molecule has 2 rings (SSSR count). The van der Waals surface area contributed by atoms with Crippen LogP contribution in [-0.4, -0.2) is 47.7 Å². The summed E-state index contributed by atoms with van der Waals surface area (Å²) >= 11 is 0. The van der Waals surface area contributed by atoms with Gasteiger partial charge in [0.1, 0.15) is 0 Å². The molecule has 4 heteroatoms. The van der Waals surface area contributed by atoms with Gasteiger partial charge in [0.15, 0.2) is 0 Å². The van der Waals surface area contributed by atoms with Gasteiger partial charge in [-0.1, -0.05) is 0 Å². The van der Waals surface area contributed by atoms with E-state index in [0.717, 1.165) is 45.3 Å². The molecule has 92 valence electrons. The SMILES string of the molecule is C[C@@H](O)[C@H]1CCCN1C(=O)C1CCNCC1. The molecular weight excluding hydrogens is 204 g/mol. The van der Waals surface area contributed by atoms with E-state index in [1.165, 1.54) is 0 Å².